The van der Waals surface area contributed by atoms with Crippen molar-refractivity contribution in [3.63, 3.8) is 0 Å². The Morgan fingerprint density at radius 1 is 1.22 bits per heavy atom. The number of guanidine groups is 1. The van der Waals surface area contributed by atoms with Crippen molar-refractivity contribution in [2.45, 2.75) is 50.6 Å². The Labute approximate surface area is 128 Å². The van der Waals surface area contributed by atoms with E-state index < -0.39 is 0 Å². The van der Waals surface area contributed by atoms with Crippen LogP contribution < -0.4 is 10.6 Å². The summed E-state index contributed by atoms with van der Waals surface area (Å²) in [6, 6.07) is 1.32. The van der Waals surface area contributed by atoms with E-state index in [1.165, 1.54) is 45.1 Å². The van der Waals surface area contributed by atoms with Gasteiger partial charge >= 0.3 is 0 Å². The van der Waals surface area contributed by atoms with E-state index in [4.69, 9.17) is 0 Å². The van der Waals surface area contributed by atoms with Gasteiger partial charge in [-0.15, -0.1) is 24.0 Å². The van der Waals surface area contributed by atoms with Crippen molar-refractivity contribution in [1.29, 1.82) is 0 Å². The van der Waals surface area contributed by atoms with E-state index in [9.17, 15) is 0 Å². The van der Waals surface area contributed by atoms with E-state index in [0.29, 0.717) is 12.1 Å². The summed E-state index contributed by atoms with van der Waals surface area (Å²) in [7, 11) is 4.08. The first kappa shape index (κ1) is 16.0. The van der Waals surface area contributed by atoms with Gasteiger partial charge in [0, 0.05) is 25.7 Å². The molecule has 1 unspecified atom stereocenters. The number of nitrogens with one attached hydrogen (secondary N) is 2. The van der Waals surface area contributed by atoms with Crippen LogP contribution in [0.25, 0.3) is 0 Å². The zero-order chi connectivity index (χ0) is 12.1. The molecular weight excluding hydrogens is 339 g/mol. The zero-order valence-electron chi connectivity index (χ0n) is 11.6. The molecule has 0 bridgehead atoms. The van der Waals surface area contributed by atoms with Crippen molar-refractivity contribution in [1.82, 2.24) is 15.5 Å². The average molecular weight is 366 g/mol. The van der Waals surface area contributed by atoms with Crippen molar-refractivity contribution in [2.75, 3.05) is 27.2 Å². The van der Waals surface area contributed by atoms with E-state index in [1.54, 1.807) is 0 Å². The zero-order valence-corrected chi connectivity index (χ0v) is 13.9. The molecule has 0 aromatic rings. The largest absolute Gasteiger partial charge is 0.355 e. The summed E-state index contributed by atoms with van der Waals surface area (Å²) < 4.78 is 0. The highest BCUT2D eigenvalue weighted by Gasteiger charge is 2.21. The number of nitrogens with zero attached hydrogens (tertiary/aromatic N) is 2. The second-order valence-electron chi connectivity index (χ2n) is 5.36. The summed E-state index contributed by atoms with van der Waals surface area (Å²) in [6.07, 6.45) is 7.95. The van der Waals surface area contributed by atoms with Gasteiger partial charge < -0.3 is 15.5 Å². The molecule has 0 amide bonds. The molecule has 1 saturated carbocycles. The molecule has 1 saturated heterocycles. The lowest BCUT2D eigenvalue weighted by Crippen LogP contribution is -2.46. The van der Waals surface area contributed by atoms with Crippen molar-refractivity contribution in [3.8, 4) is 0 Å². The van der Waals surface area contributed by atoms with Crippen molar-refractivity contribution < 1.29 is 0 Å². The molecule has 1 atom stereocenters. The van der Waals surface area contributed by atoms with Gasteiger partial charge in [0.05, 0.1) is 0 Å². The highest BCUT2D eigenvalue weighted by Crippen LogP contribution is 2.17. The summed E-state index contributed by atoms with van der Waals surface area (Å²) in [5.74, 6) is 0.984. The molecule has 2 N–H and O–H groups in total. The molecular formula is C13H27IN4. The topological polar surface area (TPSA) is 39.7 Å². The van der Waals surface area contributed by atoms with Crippen molar-refractivity contribution in [3.05, 3.63) is 0 Å². The molecule has 0 aromatic carbocycles. The van der Waals surface area contributed by atoms with E-state index in [2.05, 4.69) is 27.6 Å². The van der Waals surface area contributed by atoms with Gasteiger partial charge in [-0.05, 0) is 39.3 Å². The standard InChI is InChI=1S/C13H26N4.HI/c1-14-13(16-11-6-3-4-7-11)15-10-12-8-5-9-17(12)2;/h11-12H,3-10H2,1-2H3,(H2,14,15,16);1H. The molecule has 1 heterocycles. The molecule has 0 aromatic heterocycles. The van der Waals surface area contributed by atoms with Crippen LogP contribution in [-0.4, -0.2) is 50.1 Å². The number of hydrogen-bond acceptors (Lipinski definition) is 2. The van der Waals surface area contributed by atoms with Gasteiger partial charge in [0.15, 0.2) is 5.96 Å². The fourth-order valence-corrected chi connectivity index (χ4v) is 2.91. The normalized spacial score (nSPS) is 26.1. The number of likely N-dealkylation sites (tertiary alicyclic amines) is 1. The third-order valence-electron chi connectivity index (χ3n) is 4.10. The maximum atomic E-state index is 4.31. The van der Waals surface area contributed by atoms with Crippen molar-refractivity contribution in [2.24, 2.45) is 4.99 Å². The minimum absolute atomic E-state index is 0. The number of aliphatic imine (C=N–C) groups is 1. The van der Waals surface area contributed by atoms with Gasteiger partial charge in [0.1, 0.15) is 0 Å². The molecule has 0 spiro atoms. The van der Waals surface area contributed by atoms with E-state index in [0.717, 1.165) is 12.5 Å². The molecule has 4 nitrogen and oxygen atoms in total. The molecule has 2 rings (SSSR count). The van der Waals surface area contributed by atoms with Gasteiger partial charge in [0.25, 0.3) is 0 Å². The number of halogens is 1. The maximum absolute atomic E-state index is 4.31. The Bertz CT molecular complexity index is 264. The van der Waals surface area contributed by atoms with E-state index >= 15 is 0 Å². The summed E-state index contributed by atoms with van der Waals surface area (Å²) in [5, 5.41) is 6.99. The first-order valence-corrected chi connectivity index (χ1v) is 6.97. The van der Waals surface area contributed by atoms with Crippen LogP contribution in [0.4, 0.5) is 0 Å². The molecule has 1 aliphatic carbocycles. The molecule has 0 radical (unpaired) electrons. The van der Waals surface area contributed by atoms with E-state index in [1.807, 2.05) is 7.05 Å². The highest BCUT2D eigenvalue weighted by atomic mass is 127. The first-order chi connectivity index (χ1) is 8.29. The fraction of sp³-hybridized carbons (Fsp3) is 0.923. The third-order valence-corrected chi connectivity index (χ3v) is 4.10. The number of rotatable bonds is 3. The van der Waals surface area contributed by atoms with Gasteiger partial charge in [0.2, 0.25) is 0 Å². The minimum atomic E-state index is 0. The van der Waals surface area contributed by atoms with Crippen LogP contribution in [0.5, 0.6) is 0 Å². The molecule has 18 heavy (non-hydrogen) atoms. The van der Waals surface area contributed by atoms with Crippen LogP contribution >= 0.6 is 24.0 Å². The third kappa shape index (κ3) is 4.57. The predicted octanol–water partition coefficient (Wildman–Crippen LogP) is 1.81. The summed E-state index contributed by atoms with van der Waals surface area (Å²) in [4.78, 5) is 6.75. The van der Waals surface area contributed by atoms with Gasteiger partial charge in [-0.25, -0.2) is 0 Å². The summed E-state index contributed by atoms with van der Waals surface area (Å²) >= 11 is 0. The predicted molar refractivity (Wildman–Crippen MR) is 87.8 cm³/mol. The van der Waals surface area contributed by atoms with Gasteiger partial charge in [-0.2, -0.15) is 0 Å². The quantitative estimate of drug-likeness (QED) is 0.455. The smallest absolute Gasteiger partial charge is 0.191 e. The monoisotopic (exact) mass is 366 g/mol. The van der Waals surface area contributed by atoms with Crippen LogP contribution in [0.3, 0.4) is 0 Å². The molecule has 5 heteroatoms. The molecule has 2 fully saturated rings. The Kier molecular flexibility index (Phi) is 7.29. The lowest BCUT2D eigenvalue weighted by Gasteiger charge is -2.22. The van der Waals surface area contributed by atoms with Gasteiger partial charge in [-0.3, -0.25) is 4.99 Å². The molecule has 1 aliphatic heterocycles. The summed E-state index contributed by atoms with van der Waals surface area (Å²) in [5.41, 5.74) is 0. The maximum Gasteiger partial charge on any atom is 0.191 e. The van der Waals surface area contributed by atoms with Crippen LogP contribution in [0.15, 0.2) is 4.99 Å². The fourth-order valence-electron chi connectivity index (χ4n) is 2.91. The number of likely N-dealkylation sites (N-methyl/N-ethyl adjacent to an activating group) is 1. The highest BCUT2D eigenvalue weighted by molar-refractivity contribution is 14.0. The lowest BCUT2D eigenvalue weighted by atomic mass is 10.2. The minimum Gasteiger partial charge on any atom is -0.355 e. The number of hydrogen-bond donors (Lipinski definition) is 2. The Morgan fingerprint density at radius 2 is 1.94 bits per heavy atom. The van der Waals surface area contributed by atoms with Crippen LogP contribution in [-0.2, 0) is 0 Å². The van der Waals surface area contributed by atoms with Crippen LogP contribution in [0.1, 0.15) is 38.5 Å². The average Bonchev–Trinajstić information content (AvgIpc) is 2.96. The Morgan fingerprint density at radius 3 is 2.50 bits per heavy atom. The SMILES string of the molecule is CN=C(NCC1CCCN1C)NC1CCCC1.I. The molecule has 2 aliphatic rings. The first-order valence-electron chi connectivity index (χ1n) is 6.97. The van der Waals surface area contributed by atoms with Crippen LogP contribution in [0, 0.1) is 0 Å². The molecule has 106 valence electrons. The lowest BCUT2D eigenvalue weighted by molar-refractivity contribution is 0.309. The Hall–Kier alpha value is -0.0400. The van der Waals surface area contributed by atoms with Crippen molar-refractivity contribution >= 4 is 29.9 Å². The Balaban J connectivity index is 0.00000162. The summed E-state index contributed by atoms with van der Waals surface area (Å²) in [6.45, 7) is 2.25. The second kappa shape index (κ2) is 8.19. The second-order valence-corrected chi connectivity index (χ2v) is 5.36. The van der Waals surface area contributed by atoms with Gasteiger partial charge in [-0.1, -0.05) is 12.8 Å². The van der Waals surface area contributed by atoms with E-state index in [-0.39, 0.29) is 24.0 Å². The van der Waals surface area contributed by atoms with Crippen LogP contribution in [0.2, 0.25) is 0 Å².